The molecule has 1 aromatic rings. The number of hydrogen-bond donors (Lipinski definition) is 0. The molecule has 1 aliphatic rings. The van der Waals surface area contributed by atoms with Crippen molar-refractivity contribution in [1.82, 2.24) is 0 Å². The molecule has 1 aromatic carbocycles. The minimum Gasteiger partial charge on any atom is -0.453 e. The maximum Gasteiger partial charge on any atom is 0.231 e. The first-order valence-corrected chi connectivity index (χ1v) is 4.97. The van der Waals surface area contributed by atoms with E-state index in [0.29, 0.717) is 6.42 Å². The predicted octanol–water partition coefficient (Wildman–Crippen LogP) is 2.16. The summed E-state index contributed by atoms with van der Waals surface area (Å²) in [6, 6.07) is 2.00. The summed E-state index contributed by atoms with van der Waals surface area (Å²) >= 11 is 0. The SMILES string of the molecule is CC(=O)Cc1cc(C)c(C)c2c1OCO2. The molecular weight excluding hydrogens is 192 g/mol. The van der Waals surface area contributed by atoms with Crippen LogP contribution in [0.5, 0.6) is 11.5 Å². The van der Waals surface area contributed by atoms with Crippen LogP contribution in [0.15, 0.2) is 6.07 Å². The standard InChI is InChI=1S/C12H14O3/c1-7-4-10(5-8(2)13)12-11(9(7)3)14-6-15-12/h4H,5-6H2,1-3H3. The molecule has 0 N–H and O–H groups in total. The van der Waals surface area contributed by atoms with Gasteiger partial charge in [-0.2, -0.15) is 0 Å². The molecule has 15 heavy (non-hydrogen) atoms. The van der Waals surface area contributed by atoms with Gasteiger partial charge in [0.1, 0.15) is 5.78 Å². The van der Waals surface area contributed by atoms with Gasteiger partial charge in [0.2, 0.25) is 6.79 Å². The quantitative estimate of drug-likeness (QED) is 0.743. The molecule has 0 amide bonds. The van der Waals surface area contributed by atoms with E-state index >= 15 is 0 Å². The molecule has 1 heterocycles. The van der Waals surface area contributed by atoms with Gasteiger partial charge >= 0.3 is 0 Å². The van der Waals surface area contributed by atoms with E-state index in [0.717, 1.165) is 28.2 Å². The monoisotopic (exact) mass is 206 g/mol. The lowest BCUT2D eigenvalue weighted by Gasteiger charge is -2.09. The van der Waals surface area contributed by atoms with Gasteiger partial charge in [-0.25, -0.2) is 0 Å². The second-order valence-electron chi connectivity index (χ2n) is 3.92. The molecule has 2 rings (SSSR count). The highest BCUT2D eigenvalue weighted by atomic mass is 16.7. The molecule has 3 nitrogen and oxygen atoms in total. The topological polar surface area (TPSA) is 35.5 Å². The maximum absolute atomic E-state index is 11.1. The fraction of sp³-hybridized carbons (Fsp3) is 0.417. The molecule has 3 heteroatoms. The van der Waals surface area contributed by atoms with Gasteiger partial charge in [-0.3, -0.25) is 4.79 Å². The van der Waals surface area contributed by atoms with E-state index in [2.05, 4.69) is 0 Å². The van der Waals surface area contributed by atoms with Gasteiger partial charge < -0.3 is 9.47 Å². The first-order chi connectivity index (χ1) is 7.09. The van der Waals surface area contributed by atoms with Crippen molar-refractivity contribution >= 4 is 5.78 Å². The Labute approximate surface area is 89.0 Å². The average molecular weight is 206 g/mol. The molecule has 0 spiro atoms. The first kappa shape index (κ1) is 10.0. The Hall–Kier alpha value is -1.51. The van der Waals surface area contributed by atoms with Crippen molar-refractivity contribution in [1.29, 1.82) is 0 Å². The van der Waals surface area contributed by atoms with E-state index in [1.807, 2.05) is 19.9 Å². The van der Waals surface area contributed by atoms with Gasteiger partial charge in [-0.1, -0.05) is 6.07 Å². The van der Waals surface area contributed by atoms with Crippen LogP contribution < -0.4 is 9.47 Å². The van der Waals surface area contributed by atoms with Gasteiger partial charge in [0.05, 0.1) is 0 Å². The molecule has 0 saturated carbocycles. The highest BCUT2D eigenvalue weighted by molar-refractivity contribution is 5.79. The Morgan fingerprint density at radius 2 is 2.00 bits per heavy atom. The van der Waals surface area contributed by atoms with Crippen LogP contribution >= 0.6 is 0 Å². The highest BCUT2D eigenvalue weighted by Gasteiger charge is 2.22. The lowest BCUT2D eigenvalue weighted by atomic mass is 10.0. The molecule has 0 aromatic heterocycles. The number of Topliss-reactive ketones (excluding diaryl/α,β-unsaturated/α-hetero) is 1. The number of aryl methyl sites for hydroxylation is 1. The maximum atomic E-state index is 11.1. The number of fused-ring (bicyclic) bond motifs is 1. The number of carbonyl (C=O) groups is 1. The zero-order chi connectivity index (χ0) is 11.0. The van der Waals surface area contributed by atoms with Crippen molar-refractivity contribution in [2.45, 2.75) is 27.2 Å². The zero-order valence-corrected chi connectivity index (χ0v) is 9.22. The van der Waals surface area contributed by atoms with E-state index < -0.39 is 0 Å². The van der Waals surface area contributed by atoms with Crippen LogP contribution in [0.1, 0.15) is 23.6 Å². The summed E-state index contributed by atoms with van der Waals surface area (Å²) in [5, 5.41) is 0. The summed E-state index contributed by atoms with van der Waals surface area (Å²) in [6.07, 6.45) is 0.410. The predicted molar refractivity (Wildman–Crippen MR) is 56.4 cm³/mol. The minimum absolute atomic E-state index is 0.135. The Morgan fingerprint density at radius 3 is 2.67 bits per heavy atom. The second kappa shape index (κ2) is 3.57. The summed E-state index contributed by atoms with van der Waals surface area (Å²) in [5.74, 6) is 1.68. The smallest absolute Gasteiger partial charge is 0.231 e. The summed E-state index contributed by atoms with van der Waals surface area (Å²) < 4.78 is 10.8. The number of ether oxygens (including phenoxy) is 2. The van der Waals surface area contributed by atoms with E-state index in [9.17, 15) is 4.79 Å². The van der Waals surface area contributed by atoms with Crippen molar-refractivity contribution in [3.63, 3.8) is 0 Å². The van der Waals surface area contributed by atoms with Crippen molar-refractivity contribution < 1.29 is 14.3 Å². The van der Waals surface area contributed by atoms with Gasteiger partial charge in [0.25, 0.3) is 0 Å². The average Bonchev–Trinajstić information content (AvgIpc) is 2.61. The molecule has 0 bridgehead atoms. The van der Waals surface area contributed by atoms with Crippen LogP contribution in [0.4, 0.5) is 0 Å². The van der Waals surface area contributed by atoms with Crippen molar-refractivity contribution in [2.24, 2.45) is 0 Å². The largest absolute Gasteiger partial charge is 0.453 e. The Kier molecular flexibility index (Phi) is 2.39. The van der Waals surface area contributed by atoms with Crippen molar-refractivity contribution in [2.75, 3.05) is 6.79 Å². The Morgan fingerprint density at radius 1 is 1.33 bits per heavy atom. The lowest BCUT2D eigenvalue weighted by molar-refractivity contribution is -0.116. The normalized spacial score (nSPS) is 13.0. The van der Waals surface area contributed by atoms with Gasteiger partial charge in [-0.15, -0.1) is 0 Å². The van der Waals surface area contributed by atoms with Gasteiger partial charge in [0.15, 0.2) is 11.5 Å². The van der Waals surface area contributed by atoms with Crippen LogP contribution in [0.2, 0.25) is 0 Å². The zero-order valence-electron chi connectivity index (χ0n) is 9.22. The summed E-state index contributed by atoms with van der Waals surface area (Å²) in [7, 11) is 0. The molecule has 0 aliphatic carbocycles. The molecular formula is C12H14O3. The van der Waals surface area contributed by atoms with Crippen LogP contribution in [-0.4, -0.2) is 12.6 Å². The lowest BCUT2D eigenvalue weighted by Crippen LogP contribution is -1.99. The van der Waals surface area contributed by atoms with E-state index in [1.165, 1.54) is 0 Å². The Bertz CT molecular complexity index is 421. The molecule has 0 unspecified atom stereocenters. The van der Waals surface area contributed by atoms with Crippen molar-refractivity contribution in [3.05, 3.63) is 22.8 Å². The third-order valence-corrected chi connectivity index (χ3v) is 2.67. The second-order valence-corrected chi connectivity index (χ2v) is 3.92. The molecule has 0 radical (unpaired) electrons. The van der Waals surface area contributed by atoms with Gasteiger partial charge in [-0.05, 0) is 31.9 Å². The molecule has 0 atom stereocenters. The van der Waals surface area contributed by atoms with Crippen LogP contribution in [-0.2, 0) is 11.2 Å². The van der Waals surface area contributed by atoms with Gasteiger partial charge in [0, 0.05) is 12.0 Å². The molecule has 80 valence electrons. The third kappa shape index (κ3) is 1.69. The summed E-state index contributed by atoms with van der Waals surface area (Å²) in [6.45, 7) is 5.85. The van der Waals surface area contributed by atoms with Crippen molar-refractivity contribution in [3.8, 4) is 11.5 Å². The summed E-state index contributed by atoms with van der Waals surface area (Å²) in [5.41, 5.74) is 3.16. The fourth-order valence-electron chi connectivity index (χ4n) is 1.81. The molecule has 0 saturated heterocycles. The number of benzene rings is 1. The van der Waals surface area contributed by atoms with E-state index in [4.69, 9.17) is 9.47 Å². The van der Waals surface area contributed by atoms with Crippen LogP contribution in [0.3, 0.4) is 0 Å². The first-order valence-electron chi connectivity index (χ1n) is 4.97. The van der Waals surface area contributed by atoms with E-state index in [1.54, 1.807) is 6.92 Å². The van der Waals surface area contributed by atoms with Crippen LogP contribution in [0, 0.1) is 13.8 Å². The molecule has 0 fully saturated rings. The number of carbonyl (C=O) groups excluding carboxylic acids is 1. The number of hydrogen-bond acceptors (Lipinski definition) is 3. The number of rotatable bonds is 2. The third-order valence-electron chi connectivity index (χ3n) is 2.67. The minimum atomic E-state index is 0.135. The Balaban J connectivity index is 2.52. The molecule has 1 aliphatic heterocycles. The van der Waals surface area contributed by atoms with E-state index in [-0.39, 0.29) is 12.6 Å². The summed E-state index contributed by atoms with van der Waals surface area (Å²) in [4.78, 5) is 11.1. The van der Waals surface area contributed by atoms with Crippen LogP contribution in [0.25, 0.3) is 0 Å². The fourth-order valence-corrected chi connectivity index (χ4v) is 1.81. The number of ketones is 1. The highest BCUT2D eigenvalue weighted by Crippen LogP contribution is 2.40.